The van der Waals surface area contributed by atoms with E-state index in [4.69, 9.17) is 28.9 Å². The van der Waals surface area contributed by atoms with E-state index in [2.05, 4.69) is 0 Å². The van der Waals surface area contributed by atoms with E-state index in [-0.39, 0.29) is 18.3 Å². The minimum absolute atomic E-state index is 0. The van der Waals surface area contributed by atoms with Gasteiger partial charge in [-0.2, -0.15) is 0 Å². The zero-order chi connectivity index (χ0) is 13.1. The van der Waals surface area contributed by atoms with Gasteiger partial charge in [-0.25, -0.2) is 0 Å². The molecule has 1 unspecified atom stereocenters. The summed E-state index contributed by atoms with van der Waals surface area (Å²) in [6, 6.07) is 5.11. The van der Waals surface area contributed by atoms with E-state index >= 15 is 0 Å². The average molecular weight is 324 g/mol. The predicted octanol–water partition coefficient (Wildman–Crippen LogP) is 3.23. The molecule has 1 atom stereocenters. The standard InChI is InChI=1S/C13H16Cl2N2O.ClH/c14-10-4-1-5-11(15)12(10)13(18)17-6-2-3-9(7-16)8-17;/h1,4-5,9H,2-3,6-8,16H2;1H. The first-order valence-corrected chi connectivity index (χ1v) is 6.82. The number of likely N-dealkylation sites (tertiary alicyclic amines) is 1. The van der Waals surface area contributed by atoms with Gasteiger partial charge in [-0.15, -0.1) is 12.4 Å². The molecule has 19 heavy (non-hydrogen) atoms. The highest BCUT2D eigenvalue weighted by atomic mass is 35.5. The molecule has 0 aliphatic carbocycles. The van der Waals surface area contributed by atoms with Crippen LogP contribution in [0.15, 0.2) is 18.2 Å². The highest BCUT2D eigenvalue weighted by Crippen LogP contribution is 2.27. The summed E-state index contributed by atoms with van der Waals surface area (Å²) >= 11 is 12.1. The van der Waals surface area contributed by atoms with Crippen LogP contribution in [0, 0.1) is 5.92 Å². The lowest BCUT2D eigenvalue weighted by Crippen LogP contribution is -2.42. The second-order valence-electron chi connectivity index (χ2n) is 4.59. The number of carbonyl (C=O) groups excluding carboxylic acids is 1. The summed E-state index contributed by atoms with van der Waals surface area (Å²) in [7, 11) is 0. The number of amides is 1. The van der Waals surface area contributed by atoms with Crippen molar-refractivity contribution in [2.75, 3.05) is 19.6 Å². The molecule has 1 saturated heterocycles. The molecule has 1 aromatic carbocycles. The maximum Gasteiger partial charge on any atom is 0.256 e. The van der Waals surface area contributed by atoms with E-state index in [1.165, 1.54) is 0 Å². The Balaban J connectivity index is 0.00000180. The molecule has 2 N–H and O–H groups in total. The first-order chi connectivity index (χ1) is 8.63. The third kappa shape index (κ3) is 3.76. The zero-order valence-corrected chi connectivity index (χ0v) is 12.8. The molecular weight excluding hydrogens is 307 g/mol. The first-order valence-electron chi connectivity index (χ1n) is 6.07. The minimum Gasteiger partial charge on any atom is -0.338 e. The molecule has 1 amide bonds. The topological polar surface area (TPSA) is 46.3 Å². The van der Waals surface area contributed by atoms with Crippen molar-refractivity contribution in [2.24, 2.45) is 11.7 Å². The van der Waals surface area contributed by atoms with E-state index in [1.54, 1.807) is 23.1 Å². The Hall–Kier alpha value is -0.480. The summed E-state index contributed by atoms with van der Waals surface area (Å²) in [4.78, 5) is 14.2. The molecule has 3 nitrogen and oxygen atoms in total. The third-order valence-electron chi connectivity index (χ3n) is 3.32. The Morgan fingerprint density at radius 2 is 2.00 bits per heavy atom. The molecule has 0 aromatic heterocycles. The molecule has 0 saturated carbocycles. The van der Waals surface area contributed by atoms with Crippen LogP contribution in [0.4, 0.5) is 0 Å². The van der Waals surface area contributed by atoms with Crippen molar-refractivity contribution < 1.29 is 4.79 Å². The van der Waals surface area contributed by atoms with Gasteiger partial charge >= 0.3 is 0 Å². The van der Waals surface area contributed by atoms with Crippen molar-refractivity contribution in [1.82, 2.24) is 4.90 Å². The van der Waals surface area contributed by atoms with Crippen LogP contribution in [0.25, 0.3) is 0 Å². The molecule has 1 aromatic rings. The molecule has 1 fully saturated rings. The summed E-state index contributed by atoms with van der Waals surface area (Å²) < 4.78 is 0. The fourth-order valence-electron chi connectivity index (χ4n) is 2.30. The number of nitrogens with zero attached hydrogens (tertiary/aromatic N) is 1. The Morgan fingerprint density at radius 3 is 2.58 bits per heavy atom. The van der Waals surface area contributed by atoms with Gasteiger partial charge in [0.2, 0.25) is 0 Å². The van der Waals surface area contributed by atoms with E-state index in [9.17, 15) is 4.79 Å². The lowest BCUT2D eigenvalue weighted by molar-refractivity contribution is 0.0678. The SMILES string of the molecule is Cl.NCC1CCCN(C(=O)c2c(Cl)cccc2Cl)C1. The lowest BCUT2D eigenvalue weighted by atomic mass is 9.97. The number of piperidine rings is 1. The van der Waals surface area contributed by atoms with Crippen LogP contribution in [0.5, 0.6) is 0 Å². The molecule has 1 aliphatic rings. The molecule has 1 heterocycles. The number of rotatable bonds is 2. The van der Waals surface area contributed by atoms with Crippen LogP contribution in [0.2, 0.25) is 10.0 Å². The van der Waals surface area contributed by atoms with E-state index < -0.39 is 0 Å². The van der Waals surface area contributed by atoms with Gasteiger partial charge in [0.25, 0.3) is 5.91 Å². The lowest BCUT2D eigenvalue weighted by Gasteiger charge is -2.32. The van der Waals surface area contributed by atoms with Gasteiger partial charge in [0.15, 0.2) is 0 Å². The molecule has 0 bridgehead atoms. The molecule has 2 rings (SSSR count). The number of benzene rings is 1. The van der Waals surface area contributed by atoms with Crippen molar-refractivity contribution in [2.45, 2.75) is 12.8 Å². The quantitative estimate of drug-likeness (QED) is 0.908. The number of nitrogens with two attached hydrogens (primary N) is 1. The number of carbonyl (C=O) groups is 1. The van der Waals surface area contributed by atoms with Crippen LogP contribution < -0.4 is 5.73 Å². The van der Waals surface area contributed by atoms with Gasteiger partial charge in [0, 0.05) is 13.1 Å². The first kappa shape index (κ1) is 16.6. The number of hydrogen-bond donors (Lipinski definition) is 1. The van der Waals surface area contributed by atoms with Gasteiger partial charge < -0.3 is 10.6 Å². The van der Waals surface area contributed by atoms with Crippen LogP contribution in [0.1, 0.15) is 23.2 Å². The third-order valence-corrected chi connectivity index (χ3v) is 3.95. The van der Waals surface area contributed by atoms with Crippen molar-refractivity contribution in [3.63, 3.8) is 0 Å². The fourth-order valence-corrected chi connectivity index (χ4v) is 2.86. The highest BCUT2D eigenvalue weighted by molar-refractivity contribution is 6.39. The molecule has 6 heteroatoms. The van der Waals surface area contributed by atoms with Crippen molar-refractivity contribution in [3.05, 3.63) is 33.8 Å². The molecular formula is C13H17Cl3N2O. The zero-order valence-electron chi connectivity index (χ0n) is 10.4. The summed E-state index contributed by atoms with van der Waals surface area (Å²) in [6.45, 7) is 2.05. The maximum absolute atomic E-state index is 12.4. The van der Waals surface area contributed by atoms with Gasteiger partial charge in [0.05, 0.1) is 15.6 Å². The summed E-state index contributed by atoms with van der Waals surface area (Å²) in [5.74, 6) is 0.285. The second-order valence-corrected chi connectivity index (χ2v) is 5.41. The molecule has 0 radical (unpaired) electrons. The van der Waals surface area contributed by atoms with Gasteiger partial charge in [-0.3, -0.25) is 4.79 Å². The van der Waals surface area contributed by atoms with Gasteiger partial charge in [-0.05, 0) is 37.4 Å². The Morgan fingerprint density at radius 1 is 1.37 bits per heavy atom. The predicted molar refractivity (Wildman–Crippen MR) is 81.4 cm³/mol. The molecule has 0 spiro atoms. The van der Waals surface area contributed by atoms with Crippen LogP contribution in [0.3, 0.4) is 0 Å². The maximum atomic E-state index is 12.4. The van der Waals surface area contributed by atoms with E-state index in [1.807, 2.05) is 0 Å². The smallest absolute Gasteiger partial charge is 0.256 e. The monoisotopic (exact) mass is 322 g/mol. The van der Waals surface area contributed by atoms with Gasteiger partial charge in [-0.1, -0.05) is 29.3 Å². The van der Waals surface area contributed by atoms with Crippen LogP contribution >= 0.6 is 35.6 Å². The number of halogens is 3. The summed E-state index contributed by atoms with van der Waals surface area (Å²) in [5.41, 5.74) is 6.08. The Bertz CT molecular complexity index is 433. The highest BCUT2D eigenvalue weighted by Gasteiger charge is 2.26. The molecule has 1 aliphatic heterocycles. The van der Waals surface area contributed by atoms with Crippen LogP contribution in [-0.2, 0) is 0 Å². The van der Waals surface area contributed by atoms with E-state index in [0.29, 0.717) is 34.6 Å². The van der Waals surface area contributed by atoms with Gasteiger partial charge in [0.1, 0.15) is 0 Å². The van der Waals surface area contributed by atoms with Crippen LogP contribution in [-0.4, -0.2) is 30.4 Å². The molecule has 106 valence electrons. The van der Waals surface area contributed by atoms with Crippen molar-refractivity contribution >= 4 is 41.5 Å². The Labute approximate surface area is 129 Å². The Kier molecular flexibility index (Phi) is 6.40. The summed E-state index contributed by atoms with van der Waals surface area (Å²) in [6.07, 6.45) is 2.06. The average Bonchev–Trinajstić information content (AvgIpc) is 2.38. The summed E-state index contributed by atoms with van der Waals surface area (Å²) in [5, 5.41) is 0.810. The van der Waals surface area contributed by atoms with Crippen molar-refractivity contribution in [3.8, 4) is 0 Å². The minimum atomic E-state index is -0.0937. The fraction of sp³-hybridized carbons (Fsp3) is 0.462. The van der Waals surface area contributed by atoms with Crippen molar-refractivity contribution in [1.29, 1.82) is 0 Å². The largest absolute Gasteiger partial charge is 0.338 e. The van der Waals surface area contributed by atoms with E-state index in [0.717, 1.165) is 19.4 Å². The second kappa shape index (κ2) is 7.34. The normalized spacial score (nSPS) is 18.9. The number of hydrogen-bond acceptors (Lipinski definition) is 2.